The van der Waals surface area contributed by atoms with Crippen LogP contribution in [0.4, 0.5) is 0 Å². The third-order valence-electron chi connectivity index (χ3n) is 3.62. The lowest BCUT2D eigenvalue weighted by atomic mass is 9.87. The van der Waals surface area contributed by atoms with Crippen LogP contribution in [0, 0.1) is 0 Å². The highest BCUT2D eigenvalue weighted by Crippen LogP contribution is 2.31. The Morgan fingerprint density at radius 1 is 1.26 bits per heavy atom. The van der Waals surface area contributed by atoms with Gasteiger partial charge < -0.3 is 14.8 Å². The standard InChI is InChI=1S/C16H25NO2/c1-3-9-18-10-11-19-14-7-8-15-13(12-14)5-4-6-16(15)17-2/h7-8,12,16-17H,3-6,9-11H2,1-2H3. The minimum Gasteiger partial charge on any atom is -0.491 e. The molecule has 1 aromatic rings. The summed E-state index contributed by atoms with van der Waals surface area (Å²) in [5.41, 5.74) is 2.86. The van der Waals surface area contributed by atoms with Crippen LogP contribution in [-0.4, -0.2) is 26.9 Å². The molecule has 0 heterocycles. The van der Waals surface area contributed by atoms with Crippen LogP contribution in [0.2, 0.25) is 0 Å². The lowest BCUT2D eigenvalue weighted by molar-refractivity contribution is 0.101. The number of rotatable bonds is 7. The lowest BCUT2D eigenvalue weighted by Gasteiger charge is -2.25. The number of benzene rings is 1. The van der Waals surface area contributed by atoms with E-state index in [1.54, 1.807) is 0 Å². The molecule has 0 saturated heterocycles. The van der Waals surface area contributed by atoms with E-state index in [1.165, 1.54) is 24.0 Å². The number of fused-ring (bicyclic) bond motifs is 1. The fraction of sp³-hybridized carbons (Fsp3) is 0.625. The van der Waals surface area contributed by atoms with Gasteiger partial charge in [0.25, 0.3) is 0 Å². The van der Waals surface area contributed by atoms with Crippen molar-refractivity contribution in [1.82, 2.24) is 5.32 Å². The molecule has 1 aromatic carbocycles. The second-order valence-electron chi connectivity index (χ2n) is 5.05. The van der Waals surface area contributed by atoms with Crippen LogP contribution in [0.3, 0.4) is 0 Å². The quantitative estimate of drug-likeness (QED) is 0.767. The van der Waals surface area contributed by atoms with Crippen LogP contribution in [0.5, 0.6) is 5.75 Å². The van der Waals surface area contributed by atoms with Crippen molar-refractivity contribution in [3.8, 4) is 5.75 Å². The van der Waals surface area contributed by atoms with Gasteiger partial charge in [0.1, 0.15) is 12.4 Å². The highest BCUT2D eigenvalue weighted by atomic mass is 16.5. The topological polar surface area (TPSA) is 30.5 Å². The van der Waals surface area contributed by atoms with Gasteiger partial charge in [0.05, 0.1) is 6.61 Å². The molecule has 2 rings (SSSR count). The number of hydrogen-bond acceptors (Lipinski definition) is 3. The predicted molar refractivity (Wildman–Crippen MR) is 77.8 cm³/mol. The number of nitrogens with one attached hydrogen (secondary N) is 1. The van der Waals surface area contributed by atoms with Crippen molar-refractivity contribution in [3.63, 3.8) is 0 Å². The fourth-order valence-corrected chi connectivity index (χ4v) is 2.65. The van der Waals surface area contributed by atoms with E-state index in [9.17, 15) is 0 Å². The van der Waals surface area contributed by atoms with Gasteiger partial charge in [-0.15, -0.1) is 0 Å². The van der Waals surface area contributed by atoms with E-state index in [4.69, 9.17) is 9.47 Å². The first-order valence-corrected chi connectivity index (χ1v) is 7.35. The Labute approximate surface area is 116 Å². The van der Waals surface area contributed by atoms with Crippen molar-refractivity contribution >= 4 is 0 Å². The maximum absolute atomic E-state index is 5.74. The van der Waals surface area contributed by atoms with Gasteiger partial charge in [0.2, 0.25) is 0 Å². The molecule has 3 nitrogen and oxygen atoms in total. The van der Waals surface area contributed by atoms with E-state index in [0.717, 1.165) is 25.2 Å². The minimum atomic E-state index is 0.505. The minimum absolute atomic E-state index is 0.505. The largest absolute Gasteiger partial charge is 0.491 e. The van der Waals surface area contributed by atoms with E-state index in [1.807, 2.05) is 7.05 Å². The summed E-state index contributed by atoms with van der Waals surface area (Å²) in [5.74, 6) is 0.968. The zero-order chi connectivity index (χ0) is 13.5. The molecule has 1 N–H and O–H groups in total. The van der Waals surface area contributed by atoms with Gasteiger partial charge in [-0.05, 0) is 56.0 Å². The van der Waals surface area contributed by atoms with Gasteiger partial charge in [0, 0.05) is 12.6 Å². The number of aryl methyl sites for hydroxylation is 1. The fourth-order valence-electron chi connectivity index (χ4n) is 2.65. The SMILES string of the molecule is CCCOCCOc1ccc2c(c1)CCCC2NC. The molecule has 106 valence electrons. The number of ether oxygens (including phenoxy) is 2. The van der Waals surface area contributed by atoms with E-state index < -0.39 is 0 Å². The van der Waals surface area contributed by atoms with E-state index in [0.29, 0.717) is 19.3 Å². The molecule has 1 aliphatic rings. The Hall–Kier alpha value is -1.06. The number of hydrogen-bond donors (Lipinski definition) is 1. The molecule has 0 saturated carbocycles. The third-order valence-corrected chi connectivity index (χ3v) is 3.62. The Kier molecular flexibility index (Phi) is 5.67. The monoisotopic (exact) mass is 263 g/mol. The maximum Gasteiger partial charge on any atom is 0.119 e. The maximum atomic E-state index is 5.74. The van der Waals surface area contributed by atoms with E-state index in [-0.39, 0.29) is 0 Å². The van der Waals surface area contributed by atoms with Gasteiger partial charge >= 0.3 is 0 Å². The second-order valence-corrected chi connectivity index (χ2v) is 5.05. The lowest BCUT2D eigenvalue weighted by Crippen LogP contribution is -2.21. The normalized spacial score (nSPS) is 18.1. The molecule has 1 atom stereocenters. The summed E-state index contributed by atoms with van der Waals surface area (Å²) in [6.45, 7) is 4.23. The van der Waals surface area contributed by atoms with E-state index in [2.05, 4.69) is 30.4 Å². The Morgan fingerprint density at radius 2 is 2.16 bits per heavy atom. The predicted octanol–water partition coefficient (Wildman–Crippen LogP) is 3.09. The van der Waals surface area contributed by atoms with Crippen molar-refractivity contribution < 1.29 is 9.47 Å². The summed E-state index contributed by atoms with van der Waals surface area (Å²) in [7, 11) is 2.04. The summed E-state index contributed by atoms with van der Waals surface area (Å²) in [5, 5.41) is 3.39. The van der Waals surface area contributed by atoms with Crippen molar-refractivity contribution in [1.29, 1.82) is 0 Å². The first-order valence-electron chi connectivity index (χ1n) is 7.35. The second kappa shape index (κ2) is 7.51. The van der Waals surface area contributed by atoms with Gasteiger partial charge in [-0.1, -0.05) is 13.0 Å². The van der Waals surface area contributed by atoms with Crippen molar-refractivity contribution in [2.45, 2.75) is 38.6 Å². The summed E-state index contributed by atoms with van der Waals surface area (Å²) in [4.78, 5) is 0. The van der Waals surface area contributed by atoms with E-state index >= 15 is 0 Å². The van der Waals surface area contributed by atoms with Crippen LogP contribution in [0.1, 0.15) is 43.4 Å². The summed E-state index contributed by atoms with van der Waals surface area (Å²) in [6, 6.07) is 6.98. The molecular formula is C16H25NO2. The van der Waals surface area contributed by atoms with Gasteiger partial charge in [-0.2, -0.15) is 0 Å². The molecule has 0 spiro atoms. The molecule has 0 amide bonds. The molecule has 0 radical (unpaired) electrons. The first-order chi connectivity index (χ1) is 9.35. The van der Waals surface area contributed by atoms with Crippen LogP contribution in [0.15, 0.2) is 18.2 Å². The third kappa shape index (κ3) is 3.95. The molecule has 0 bridgehead atoms. The molecular weight excluding hydrogens is 238 g/mol. The molecule has 19 heavy (non-hydrogen) atoms. The highest BCUT2D eigenvalue weighted by molar-refractivity contribution is 5.39. The molecule has 0 aromatic heterocycles. The zero-order valence-corrected chi connectivity index (χ0v) is 12.1. The zero-order valence-electron chi connectivity index (χ0n) is 12.1. The molecule has 0 fully saturated rings. The highest BCUT2D eigenvalue weighted by Gasteiger charge is 2.18. The van der Waals surface area contributed by atoms with Crippen LogP contribution >= 0.6 is 0 Å². The molecule has 3 heteroatoms. The van der Waals surface area contributed by atoms with Crippen LogP contribution < -0.4 is 10.1 Å². The summed E-state index contributed by atoms with van der Waals surface area (Å²) < 4.78 is 11.2. The van der Waals surface area contributed by atoms with Crippen molar-refractivity contribution in [2.24, 2.45) is 0 Å². The van der Waals surface area contributed by atoms with Crippen LogP contribution in [-0.2, 0) is 11.2 Å². The molecule has 0 aliphatic heterocycles. The molecule has 1 aliphatic carbocycles. The summed E-state index contributed by atoms with van der Waals surface area (Å²) in [6.07, 6.45) is 4.71. The average Bonchev–Trinajstić information content (AvgIpc) is 2.46. The van der Waals surface area contributed by atoms with Crippen LogP contribution in [0.25, 0.3) is 0 Å². The Bertz CT molecular complexity index is 392. The van der Waals surface area contributed by atoms with Gasteiger partial charge in [-0.25, -0.2) is 0 Å². The van der Waals surface area contributed by atoms with Gasteiger partial charge in [0.15, 0.2) is 0 Å². The van der Waals surface area contributed by atoms with Gasteiger partial charge in [-0.3, -0.25) is 0 Å². The molecule has 1 unspecified atom stereocenters. The first kappa shape index (κ1) is 14.4. The average molecular weight is 263 g/mol. The van der Waals surface area contributed by atoms with Crippen molar-refractivity contribution in [3.05, 3.63) is 29.3 Å². The summed E-state index contributed by atoms with van der Waals surface area (Å²) >= 11 is 0. The van der Waals surface area contributed by atoms with Crippen molar-refractivity contribution in [2.75, 3.05) is 26.9 Å². The Balaban J connectivity index is 1.89. The smallest absolute Gasteiger partial charge is 0.119 e. The Morgan fingerprint density at radius 3 is 2.95 bits per heavy atom.